The largest absolute Gasteiger partial charge is 0.462 e. The highest BCUT2D eigenvalue weighted by atomic mass is 16.6. The number of unbranched alkanes of at least 4 members (excludes halogenated alkanes) is 42. The van der Waals surface area contributed by atoms with Crippen LogP contribution >= 0.6 is 0 Å². The number of carbonyl (C=O) groups is 3. The number of ether oxygens (including phenoxy) is 3. The maximum absolute atomic E-state index is 12.9. The van der Waals surface area contributed by atoms with Gasteiger partial charge in [-0.2, -0.15) is 0 Å². The quantitative estimate of drug-likeness (QED) is 0.0261. The Kier molecular flexibility index (Phi) is 56.7. The smallest absolute Gasteiger partial charge is 0.306 e. The van der Waals surface area contributed by atoms with Gasteiger partial charge in [-0.1, -0.05) is 295 Å². The molecule has 0 saturated heterocycles. The predicted molar refractivity (Wildman–Crippen MR) is 298 cm³/mol. The van der Waals surface area contributed by atoms with Crippen LogP contribution in [0.1, 0.15) is 342 Å². The summed E-state index contributed by atoms with van der Waals surface area (Å²) in [5.74, 6) is -0.850. The molecule has 1 unspecified atom stereocenters. The first-order chi connectivity index (χ1) is 34.0. The Bertz CT molecular complexity index is 1110. The zero-order chi connectivity index (χ0) is 50.0. The fourth-order valence-electron chi connectivity index (χ4n) is 9.30. The van der Waals surface area contributed by atoms with Crippen LogP contribution in [0, 0.1) is 0 Å². The van der Waals surface area contributed by atoms with Crippen LogP contribution in [0.25, 0.3) is 0 Å². The molecule has 0 heterocycles. The summed E-state index contributed by atoms with van der Waals surface area (Å²) in [5.41, 5.74) is 0. The molecule has 0 amide bonds. The second-order valence-corrected chi connectivity index (χ2v) is 21.0. The van der Waals surface area contributed by atoms with E-state index in [-0.39, 0.29) is 31.1 Å². The van der Waals surface area contributed by atoms with Crippen molar-refractivity contribution in [1.82, 2.24) is 0 Å². The maximum Gasteiger partial charge on any atom is 0.306 e. The number of hydrogen-bond donors (Lipinski definition) is 0. The van der Waals surface area contributed by atoms with Crippen LogP contribution in [0.3, 0.4) is 0 Å². The highest BCUT2D eigenvalue weighted by Crippen LogP contribution is 2.18. The molecule has 6 heteroatoms. The molecule has 0 aliphatic heterocycles. The van der Waals surface area contributed by atoms with Gasteiger partial charge in [-0.05, 0) is 51.4 Å². The lowest BCUT2D eigenvalue weighted by molar-refractivity contribution is -0.167. The molecule has 0 spiro atoms. The van der Waals surface area contributed by atoms with E-state index in [0.717, 1.165) is 70.6 Å². The Labute approximate surface area is 430 Å². The molecule has 0 aromatic rings. The summed E-state index contributed by atoms with van der Waals surface area (Å²) in [6, 6.07) is 0. The van der Waals surface area contributed by atoms with Crippen LogP contribution in [0.4, 0.5) is 0 Å². The molecule has 1 atom stereocenters. The van der Waals surface area contributed by atoms with Gasteiger partial charge in [0.2, 0.25) is 0 Å². The van der Waals surface area contributed by atoms with Gasteiger partial charge >= 0.3 is 17.9 Å². The zero-order valence-corrected chi connectivity index (χ0v) is 46.6. The first-order valence-electron chi connectivity index (χ1n) is 30.8. The summed E-state index contributed by atoms with van der Waals surface area (Å²) in [6.45, 7) is 6.67. The summed E-state index contributed by atoms with van der Waals surface area (Å²) in [5, 5.41) is 0. The fraction of sp³-hybridized carbons (Fsp3) is 0.889. The van der Waals surface area contributed by atoms with E-state index in [1.54, 1.807) is 0 Å². The topological polar surface area (TPSA) is 78.9 Å². The minimum Gasteiger partial charge on any atom is -0.462 e. The first-order valence-corrected chi connectivity index (χ1v) is 30.8. The van der Waals surface area contributed by atoms with E-state index in [4.69, 9.17) is 14.2 Å². The van der Waals surface area contributed by atoms with Gasteiger partial charge in [-0.3, -0.25) is 14.4 Å². The standard InChI is InChI=1S/C63H118O6/c1-4-7-10-13-16-19-22-25-28-30-31-33-35-38-41-44-47-50-53-56-62(65)68-59-60(58-67-61(64)55-52-49-46-43-40-37-34-27-24-21-18-15-12-9-6-3)69-63(66)57-54-51-48-45-42-39-36-32-29-26-23-20-17-14-11-8-5-2/h17,20,26,29,60H,4-16,18-19,21-25,27-28,30-59H2,1-3H3/b20-17-,29-26-. The lowest BCUT2D eigenvalue weighted by atomic mass is 10.0. The van der Waals surface area contributed by atoms with E-state index in [0.29, 0.717) is 19.3 Å². The van der Waals surface area contributed by atoms with Crippen molar-refractivity contribution in [2.45, 2.75) is 348 Å². The monoisotopic (exact) mass is 971 g/mol. The van der Waals surface area contributed by atoms with Gasteiger partial charge in [0.1, 0.15) is 13.2 Å². The molecule has 0 saturated carbocycles. The lowest BCUT2D eigenvalue weighted by Gasteiger charge is -2.18. The summed E-state index contributed by atoms with van der Waals surface area (Å²) in [4.78, 5) is 38.2. The Morgan fingerprint density at radius 1 is 0.290 bits per heavy atom. The predicted octanol–water partition coefficient (Wildman–Crippen LogP) is 20.7. The SMILES string of the molecule is CCCCC/C=C\C/C=C\CCCCCCCCCC(=O)OC(COC(=O)CCCCCCCCCCCCCCCCC)COC(=O)CCCCCCCCCCCCCCCCCCCCC. The minimum atomic E-state index is -0.771. The van der Waals surface area contributed by atoms with E-state index in [1.165, 1.54) is 231 Å². The Morgan fingerprint density at radius 2 is 0.522 bits per heavy atom. The third kappa shape index (κ3) is 56.7. The Hall–Kier alpha value is -2.11. The molecule has 0 radical (unpaired) electrons. The van der Waals surface area contributed by atoms with Crippen molar-refractivity contribution < 1.29 is 28.6 Å². The number of carbonyl (C=O) groups excluding carboxylic acids is 3. The van der Waals surface area contributed by atoms with Crippen LogP contribution in [-0.2, 0) is 28.6 Å². The van der Waals surface area contributed by atoms with Gasteiger partial charge in [0, 0.05) is 19.3 Å². The van der Waals surface area contributed by atoms with Crippen molar-refractivity contribution in [2.24, 2.45) is 0 Å². The first kappa shape index (κ1) is 66.9. The molecule has 0 bridgehead atoms. The molecule has 6 nitrogen and oxygen atoms in total. The fourth-order valence-corrected chi connectivity index (χ4v) is 9.30. The molecular weight excluding hydrogens is 853 g/mol. The van der Waals surface area contributed by atoms with Crippen molar-refractivity contribution >= 4 is 17.9 Å². The van der Waals surface area contributed by atoms with Crippen LogP contribution in [-0.4, -0.2) is 37.2 Å². The number of allylic oxidation sites excluding steroid dienone is 4. The van der Waals surface area contributed by atoms with Crippen molar-refractivity contribution in [1.29, 1.82) is 0 Å². The number of esters is 3. The van der Waals surface area contributed by atoms with Crippen molar-refractivity contribution in [3.63, 3.8) is 0 Å². The molecule has 0 rings (SSSR count). The normalized spacial score (nSPS) is 12.1. The minimum absolute atomic E-state index is 0.0686. The molecule has 406 valence electrons. The van der Waals surface area contributed by atoms with Crippen molar-refractivity contribution in [3.05, 3.63) is 24.3 Å². The molecule has 0 N–H and O–H groups in total. The van der Waals surface area contributed by atoms with Crippen LogP contribution in [0.2, 0.25) is 0 Å². The van der Waals surface area contributed by atoms with Crippen LogP contribution in [0.15, 0.2) is 24.3 Å². The molecule has 69 heavy (non-hydrogen) atoms. The van der Waals surface area contributed by atoms with E-state index in [1.807, 2.05) is 0 Å². The Morgan fingerprint density at radius 3 is 0.826 bits per heavy atom. The summed E-state index contributed by atoms with van der Waals surface area (Å²) >= 11 is 0. The molecule has 0 aromatic heterocycles. The van der Waals surface area contributed by atoms with Gasteiger partial charge in [0.15, 0.2) is 6.10 Å². The third-order valence-electron chi connectivity index (χ3n) is 14.0. The number of hydrogen-bond acceptors (Lipinski definition) is 6. The van der Waals surface area contributed by atoms with E-state index in [2.05, 4.69) is 45.1 Å². The second-order valence-electron chi connectivity index (χ2n) is 21.0. The van der Waals surface area contributed by atoms with Gasteiger partial charge in [-0.25, -0.2) is 0 Å². The average Bonchev–Trinajstić information content (AvgIpc) is 3.35. The molecular formula is C63H118O6. The Balaban J connectivity index is 4.32. The summed E-state index contributed by atoms with van der Waals surface area (Å²) in [6.07, 6.45) is 68.8. The third-order valence-corrected chi connectivity index (χ3v) is 14.0. The van der Waals surface area contributed by atoms with Gasteiger partial charge in [-0.15, -0.1) is 0 Å². The second kappa shape index (κ2) is 58.5. The molecule has 0 aromatic carbocycles. The molecule has 0 aliphatic rings. The van der Waals surface area contributed by atoms with E-state index < -0.39 is 6.10 Å². The highest BCUT2D eigenvalue weighted by Gasteiger charge is 2.19. The molecule has 0 fully saturated rings. The maximum atomic E-state index is 12.9. The average molecular weight is 972 g/mol. The van der Waals surface area contributed by atoms with Crippen molar-refractivity contribution in [3.8, 4) is 0 Å². The van der Waals surface area contributed by atoms with Gasteiger partial charge in [0.05, 0.1) is 0 Å². The van der Waals surface area contributed by atoms with E-state index >= 15 is 0 Å². The summed E-state index contributed by atoms with van der Waals surface area (Å²) < 4.78 is 16.9. The van der Waals surface area contributed by atoms with Gasteiger partial charge in [0.25, 0.3) is 0 Å². The lowest BCUT2D eigenvalue weighted by Crippen LogP contribution is -2.30. The van der Waals surface area contributed by atoms with Gasteiger partial charge < -0.3 is 14.2 Å². The van der Waals surface area contributed by atoms with Crippen LogP contribution in [0.5, 0.6) is 0 Å². The number of rotatable bonds is 57. The van der Waals surface area contributed by atoms with Crippen LogP contribution < -0.4 is 0 Å². The molecule has 0 aliphatic carbocycles. The highest BCUT2D eigenvalue weighted by molar-refractivity contribution is 5.71. The van der Waals surface area contributed by atoms with E-state index in [9.17, 15) is 14.4 Å². The zero-order valence-electron chi connectivity index (χ0n) is 46.6. The van der Waals surface area contributed by atoms with Crippen molar-refractivity contribution in [2.75, 3.05) is 13.2 Å². The summed E-state index contributed by atoms with van der Waals surface area (Å²) in [7, 11) is 0.